The molecule has 2 aromatic heterocycles. The molecule has 1 aromatic carbocycles. The Morgan fingerprint density at radius 3 is 2.63 bits per heavy atom. The normalized spacial score (nSPS) is 18.8. The summed E-state index contributed by atoms with van der Waals surface area (Å²) in [6.07, 6.45) is 0.296. The average Bonchev–Trinajstić information content (AvgIpc) is 3.10. The van der Waals surface area contributed by atoms with Crippen LogP contribution in [0.2, 0.25) is 0 Å². The lowest BCUT2D eigenvalue weighted by atomic mass is 9.86. The maximum atomic E-state index is 12.5. The topological polar surface area (TPSA) is 105 Å². The summed E-state index contributed by atoms with van der Waals surface area (Å²) >= 11 is 0. The minimum atomic E-state index is -0.185. The first kappa shape index (κ1) is 18.6. The Hall–Kier alpha value is -3.46. The minimum Gasteiger partial charge on any atom is -0.508 e. The average molecular weight is 406 g/mol. The number of phenolic OH excluding ortho intramolecular Hbond substituents is 1. The molecule has 0 unspecified atom stereocenters. The number of hydrogen-bond donors (Lipinski definition) is 2. The molecule has 3 aromatic rings. The SMILES string of the molecule is Cc1nn(-c2ccc(N3CCOCC3)nn2)c2c1[C@H](c1cccc(O)c1)CC(=O)N2. The summed E-state index contributed by atoms with van der Waals surface area (Å²) in [5, 5.41) is 26.2. The van der Waals surface area contributed by atoms with E-state index in [9.17, 15) is 9.90 Å². The Kier molecular flexibility index (Phi) is 4.59. The molecular formula is C21H22N6O3. The zero-order chi connectivity index (χ0) is 20.7. The zero-order valence-corrected chi connectivity index (χ0v) is 16.6. The van der Waals surface area contributed by atoms with Gasteiger partial charge in [-0.25, -0.2) is 0 Å². The first-order valence-corrected chi connectivity index (χ1v) is 9.95. The summed E-state index contributed by atoms with van der Waals surface area (Å²) in [6, 6.07) is 10.8. The summed E-state index contributed by atoms with van der Waals surface area (Å²) in [5.74, 6) is 1.82. The Morgan fingerprint density at radius 1 is 1.13 bits per heavy atom. The molecule has 1 atom stereocenters. The number of aromatic nitrogens is 4. The highest BCUT2D eigenvalue weighted by molar-refractivity contribution is 5.95. The van der Waals surface area contributed by atoms with Crippen molar-refractivity contribution >= 4 is 17.5 Å². The molecule has 0 spiro atoms. The standard InChI is InChI=1S/C21H22N6O3/c1-13-20-16(14-3-2-4-15(28)11-14)12-19(29)22-21(20)27(25-13)18-6-5-17(23-24-18)26-7-9-30-10-8-26/h2-6,11,16,28H,7-10,12H2,1H3,(H,22,29)/t16-/m0/s1. The van der Waals surface area contributed by atoms with Crippen molar-refractivity contribution in [3.8, 4) is 11.6 Å². The second kappa shape index (κ2) is 7.42. The van der Waals surface area contributed by atoms with E-state index in [1.54, 1.807) is 22.9 Å². The summed E-state index contributed by atoms with van der Waals surface area (Å²) in [6.45, 7) is 4.84. The molecule has 30 heavy (non-hydrogen) atoms. The Morgan fingerprint density at radius 2 is 1.90 bits per heavy atom. The molecule has 1 fully saturated rings. The number of aromatic hydroxyl groups is 1. The molecule has 0 radical (unpaired) electrons. The molecule has 1 saturated heterocycles. The lowest BCUT2D eigenvalue weighted by Crippen LogP contribution is -2.36. The van der Waals surface area contributed by atoms with E-state index in [4.69, 9.17) is 4.74 Å². The first-order valence-electron chi connectivity index (χ1n) is 9.95. The van der Waals surface area contributed by atoms with Crippen LogP contribution in [0.1, 0.15) is 29.2 Å². The third kappa shape index (κ3) is 3.26. The van der Waals surface area contributed by atoms with Crippen LogP contribution >= 0.6 is 0 Å². The lowest BCUT2D eigenvalue weighted by molar-refractivity contribution is -0.116. The van der Waals surface area contributed by atoms with Crippen molar-refractivity contribution in [1.29, 1.82) is 0 Å². The van der Waals surface area contributed by atoms with Crippen LogP contribution in [0.3, 0.4) is 0 Å². The van der Waals surface area contributed by atoms with Gasteiger partial charge in [-0.3, -0.25) is 4.79 Å². The molecule has 2 aliphatic heterocycles. The van der Waals surface area contributed by atoms with Crippen LogP contribution < -0.4 is 10.2 Å². The van der Waals surface area contributed by atoms with Crippen molar-refractivity contribution in [2.75, 3.05) is 36.5 Å². The molecular weight excluding hydrogens is 384 g/mol. The highest BCUT2D eigenvalue weighted by atomic mass is 16.5. The van der Waals surface area contributed by atoms with E-state index < -0.39 is 0 Å². The quantitative estimate of drug-likeness (QED) is 0.685. The third-order valence-electron chi connectivity index (χ3n) is 5.56. The number of aryl methyl sites for hydroxylation is 1. The number of nitrogens with zero attached hydrogens (tertiary/aromatic N) is 5. The number of amides is 1. The van der Waals surface area contributed by atoms with Gasteiger partial charge in [0.15, 0.2) is 11.6 Å². The summed E-state index contributed by atoms with van der Waals surface area (Å²) < 4.78 is 7.02. The number of benzene rings is 1. The monoisotopic (exact) mass is 406 g/mol. The number of carbonyl (C=O) groups excluding carboxylic acids is 1. The lowest BCUT2D eigenvalue weighted by Gasteiger charge is -2.27. The number of phenols is 1. The van der Waals surface area contributed by atoms with Crippen molar-refractivity contribution in [2.45, 2.75) is 19.3 Å². The van der Waals surface area contributed by atoms with Crippen LogP contribution in [0.4, 0.5) is 11.6 Å². The second-order valence-corrected chi connectivity index (χ2v) is 7.51. The van der Waals surface area contributed by atoms with Gasteiger partial charge in [0.25, 0.3) is 0 Å². The van der Waals surface area contributed by atoms with Crippen LogP contribution in [0, 0.1) is 6.92 Å². The van der Waals surface area contributed by atoms with Crippen LogP contribution in [0.5, 0.6) is 5.75 Å². The molecule has 5 rings (SSSR count). The number of carbonyl (C=O) groups is 1. The predicted molar refractivity (Wildman–Crippen MR) is 110 cm³/mol. The Labute approximate surface area is 173 Å². The largest absolute Gasteiger partial charge is 0.508 e. The van der Waals surface area contributed by atoms with Gasteiger partial charge < -0.3 is 20.1 Å². The number of fused-ring (bicyclic) bond motifs is 1. The van der Waals surface area contributed by atoms with E-state index in [-0.39, 0.29) is 17.6 Å². The van der Waals surface area contributed by atoms with Gasteiger partial charge in [-0.05, 0) is 36.8 Å². The fourth-order valence-corrected chi connectivity index (χ4v) is 4.13. The first-order chi connectivity index (χ1) is 14.6. The second-order valence-electron chi connectivity index (χ2n) is 7.51. The number of nitrogens with one attached hydrogen (secondary N) is 1. The molecule has 0 aliphatic carbocycles. The number of hydrogen-bond acceptors (Lipinski definition) is 7. The molecule has 2 aliphatic rings. The highest BCUT2D eigenvalue weighted by Crippen LogP contribution is 2.40. The predicted octanol–water partition coefficient (Wildman–Crippen LogP) is 1.99. The van der Waals surface area contributed by atoms with E-state index >= 15 is 0 Å². The number of rotatable bonds is 3. The van der Waals surface area contributed by atoms with Gasteiger partial charge in [0.1, 0.15) is 11.6 Å². The van der Waals surface area contributed by atoms with Crippen molar-refractivity contribution in [3.63, 3.8) is 0 Å². The van der Waals surface area contributed by atoms with Gasteiger partial charge in [-0.15, -0.1) is 10.2 Å². The maximum absolute atomic E-state index is 12.5. The molecule has 4 heterocycles. The summed E-state index contributed by atoms with van der Waals surface area (Å²) in [5.41, 5.74) is 2.61. The number of anilines is 2. The Balaban J connectivity index is 1.52. The van der Waals surface area contributed by atoms with Gasteiger partial charge in [0.05, 0.1) is 18.9 Å². The number of morpholine rings is 1. The van der Waals surface area contributed by atoms with Gasteiger partial charge in [-0.1, -0.05) is 12.1 Å². The smallest absolute Gasteiger partial charge is 0.226 e. The van der Waals surface area contributed by atoms with E-state index in [1.807, 2.05) is 25.1 Å². The van der Waals surface area contributed by atoms with Gasteiger partial charge in [0.2, 0.25) is 5.91 Å². The molecule has 154 valence electrons. The van der Waals surface area contributed by atoms with Crippen molar-refractivity contribution in [1.82, 2.24) is 20.0 Å². The van der Waals surface area contributed by atoms with Crippen LogP contribution in [0.15, 0.2) is 36.4 Å². The summed E-state index contributed by atoms with van der Waals surface area (Å²) in [7, 11) is 0. The molecule has 9 heteroatoms. The van der Waals surface area contributed by atoms with E-state index in [0.717, 1.165) is 35.7 Å². The highest BCUT2D eigenvalue weighted by Gasteiger charge is 2.33. The van der Waals surface area contributed by atoms with Crippen LogP contribution in [-0.2, 0) is 9.53 Å². The Bertz CT molecular complexity index is 1090. The molecule has 9 nitrogen and oxygen atoms in total. The number of ether oxygens (including phenoxy) is 1. The molecule has 1 amide bonds. The van der Waals surface area contributed by atoms with E-state index in [1.165, 1.54) is 0 Å². The fourth-order valence-electron chi connectivity index (χ4n) is 4.13. The minimum absolute atomic E-state index is 0.102. The van der Waals surface area contributed by atoms with Crippen LogP contribution in [0.25, 0.3) is 5.82 Å². The fraction of sp³-hybridized carbons (Fsp3) is 0.333. The zero-order valence-electron chi connectivity index (χ0n) is 16.6. The van der Waals surface area contributed by atoms with Crippen molar-refractivity contribution in [3.05, 3.63) is 53.2 Å². The van der Waals surface area contributed by atoms with Crippen molar-refractivity contribution < 1.29 is 14.6 Å². The maximum Gasteiger partial charge on any atom is 0.226 e. The van der Waals surface area contributed by atoms with E-state index in [0.29, 0.717) is 31.3 Å². The summed E-state index contributed by atoms with van der Waals surface area (Å²) in [4.78, 5) is 14.6. The molecule has 0 saturated carbocycles. The van der Waals surface area contributed by atoms with Crippen LogP contribution in [-0.4, -0.2) is 57.3 Å². The van der Waals surface area contributed by atoms with E-state index in [2.05, 4.69) is 25.5 Å². The molecule has 2 N–H and O–H groups in total. The van der Waals surface area contributed by atoms with Gasteiger partial charge in [0, 0.05) is 31.0 Å². The van der Waals surface area contributed by atoms with Crippen molar-refractivity contribution in [2.24, 2.45) is 0 Å². The van der Waals surface area contributed by atoms with Gasteiger partial charge in [-0.2, -0.15) is 9.78 Å². The van der Waals surface area contributed by atoms with Gasteiger partial charge >= 0.3 is 0 Å². The third-order valence-corrected chi connectivity index (χ3v) is 5.56. The molecule has 0 bridgehead atoms.